The molecule has 0 spiro atoms. The van der Waals surface area contributed by atoms with E-state index in [4.69, 9.17) is 5.11 Å². The molecular formula is C11H13NO3. The van der Waals surface area contributed by atoms with Crippen LogP contribution in [0.3, 0.4) is 0 Å². The van der Waals surface area contributed by atoms with Crippen molar-refractivity contribution in [2.45, 2.75) is 13.3 Å². The van der Waals surface area contributed by atoms with Crippen molar-refractivity contribution in [1.29, 1.82) is 0 Å². The van der Waals surface area contributed by atoms with Crippen LogP contribution in [-0.2, 0) is 16.0 Å². The maximum absolute atomic E-state index is 11.3. The summed E-state index contributed by atoms with van der Waals surface area (Å²) in [6.07, 6.45) is 0.168. The van der Waals surface area contributed by atoms with Crippen molar-refractivity contribution >= 4 is 11.7 Å². The summed E-state index contributed by atoms with van der Waals surface area (Å²) in [5, 5.41) is 11.6. The topological polar surface area (TPSA) is 66.4 Å². The molecule has 0 bridgehead atoms. The van der Waals surface area contributed by atoms with Gasteiger partial charge in [0.1, 0.15) is 11.5 Å². The number of hydrogen-bond acceptors (Lipinski definition) is 3. The van der Waals surface area contributed by atoms with E-state index in [0.717, 1.165) is 5.56 Å². The molecule has 0 saturated heterocycles. The third-order valence-corrected chi connectivity index (χ3v) is 1.81. The van der Waals surface area contributed by atoms with E-state index in [0.29, 0.717) is 0 Å². The fourth-order valence-corrected chi connectivity index (χ4v) is 1.14. The second kappa shape index (κ2) is 5.14. The molecule has 4 heteroatoms. The third kappa shape index (κ3) is 4.26. The van der Waals surface area contributed by atoms with Crippen LogP contribution in [0.15, 0.2) is 24.3 Å². The number of nitrogens with one attached hydrogen (secondary N) is 1. The lowest BCUT2D eigenvalue weighted by molar-refractivity contribution is -0.124. The fourth-order valence-electron chi connectivity index (χ4n) is 1.14. The number of carbonyl (C=O) groups excluding carboxylic acids is 2. The highest BCUT2D eigenvalue weighted by Crippen LogP contribution is 2.10. The molecule has 0 aliphatic carbocycles. The van der Waals surface area contributed by atoms with Crippen LogP contribution in [0.1, 0.15) is 12.5 Å². The predicted octanol–water partition coefficient (Wildman–Crippen LogP) is 0.640. The summed E-state index contributed by atoms with van der Waals surface area (Å²) in [5.41, 5.74) is 0.719. The summed E-state index contributed by atoms with van der Waals surface area (Å²) < 4.78 is 0. The van der Waals surface area contributed by atoms with E-state index in [1.165, 1.54) is 19.1 Å². The van der Waals surface area contributed by atoms with Crippen molar-refractivity contribution in [1.82, 2.24) is 5.32 Å². The summed E-state index contributed by atoms with van der Waals surface area (Å²) in [6, 6.07) is 6.47. The quantitative estimate of drug-likeness (QED) is 0.761. The first-order valence-electron chi connectivity index (χ1n) is 4.62. The number of aromatic hydroxyl groups is 1. The van der Waals surface area contributed by atoms with Gasteiger partial charge >= 0.3 is 0 Å². The Kier molecular flexibility index (Phi) is 3.85. The molecule has 0 aliphatic heterocycles. The molecular weight excluding hydrogens is 194 g/mol. The van der Waals surface area contributed by atoms with Crippen molar-refractivity contribution in [3.8, 4) is 5.75 Å². The smallest absolute Gasteiger partial charge is 0.224 e. The van der Waals surface area contributed by atoms with Gasteiger partial charge in [0.2, 0.25) is 5.91 Å². The number of ketones is 1. The minimum atomic E-state index is -0.226. The van der Waals surface area contributed by atoms with Crippen molar-refractivity contribution in [3.05, 3.63) is 29.8 Å². The minimum absolute atomic E-state index is 0.0532. The zero-order valence-electron chi connectivity index (χ0n) is 8.49. The molecule has 0 fully saturated rings. The molecule has 15 heavy (non-hydrogen) atoms. The number of phenolic OH excluding ortho intramolecular Hbond substituents is 1. The number of benzene rings is 1. The van der Waals surface area contributed by atoms with Crippen LogP contribution >= 0.6 is 0 Å². The molecule has 1 aromatic rings. The van der Waals surface area contributed by atoms with Gasteiger partial charge in [-0.15, -0.1) is 0 Å². The summed E-state index contributed by atoms with van der Waals surface area (Å²) in [7, 11) is 0. The number of rotatable bonds is 4. The molecule has 4 nitrogen and oxygen atoms in total. The zero-order chi connectivity index (χ0) is 11.3. The standard InChI is InChI=1S/C11H13NO3/c1-8(13)7-12-11(15)6-9-3-2-4-10(14)5-9/h2-5,14H,6-7H2,1H3,(H,12,15). The summed E-state index contributed by atoms with van der Waals surface area (Å²) in [5.74, 6) is -0.179. The van der Waals surface area contributed by atoms with Crippen LogP contribution in [0.2, 0.25) is 0 Å². The second-order valence-electron chi connectivity index (χ2n) is 3.33. The van der Waals surface area contributed by atoms with E-state index in [1.807, 2.05) is 0 Å². The lowest BCUT2D eigenvalue weighted by atomic mass is 10.1. The summed E-state index contributed by atoms with van der Waals surface area (Å²) in [4.78, 5) is 21.9. The molecule has 0 aliphatic rings. The molecule has 2 N–H and O–H groups in total. The van der Waals surface area contributed by atoms with Crippen LogP contribution in [-0.4, -0.2) is 23.3 Å². The van der Waals surface area contributed by atoms with E-state index in [1.54, 1.807) is 12.1 Å². The van der Waals surface area contributed by atoms with Gasteiger partial charge in [-0.05, 0) is 24.6 Å². The van der Waals surface area contributed by atoms with Gasteiger partial charge < -0.3 is 10.4 Å². The number of amides is 1. The minimum Gasteiger partial charge on any atom is -0.508 e. The Hall–Kier alpha value is -1.84. The number of carbonyl (C=O) groups is 2. The SMILES string of the molecule is CC(=O)CNC(=O)Cc1cccc(O)c1. The fraction of sp³-hybridized carbons (Fsp3) is 0.273. The number of hydrogen-bond donors (Lipinski definition) is 2. The van der Waals surface area contributed by atoms with Gasteiger partial charge in [0, 0.05) is 0 Å². The highest BCUT2D eigenvalue weighted by atomic mass is 16.3. The van der Waals surface area contributed by atoms with Crippen molar-refractivity contribution in [2.24, 2.45) is 0 Å². The number of phenols is 1. The van der Waals surface area contributed by atoms with E-state index in [2.05, 4.69) is 5.32 Å². The first-order chi connectivity index (χ1) is 7.08. The van der Waals surface area contributed by atoms with Crippen molar-refractivity contribution in [2.75, 3.05) is 6.54 Å². The van der Waals surface area contributed by atoms with E-state index >= 15 is 0 Å². The number of Topliss-reactive ketones (excluding diaryl/α,β-unsaturated/α-hetero) is 1. The zero-order valence-corrected chi connectivity index (χ0v) is 8.49. The van der Waals surface area contributed by atoms with Gasteiger partial charge in [-0.1, -0.05) is 12.1 Å². The lowest BCUT2D eigenvalue weighted by Gasteiger charge is -2.03. The highest BCUT2D eigenvalue weighted by molar-refractivity contribution is 5.85. The van der Waals surface area contributed by atoms with Crippen LogP contribution in [0, 0.1) is 0 Å². The monoisotopic (exact) mass is 207 g/mol. The maximum Gasteiger partial charge on any atom is 0.224 e. The van der Waals surface area contributed by atoms with Crippen LogP contribution < -0.4 is 5.32 Å². The Balaban J connectivity index is 2.48. The Morgan fingerprint density at radius 2 is 2.13 bits per heavy atom. The van der Waals surface area contributed by atoms with Crippen molar-refractivity contribution in [3.63, 3.8) is 0 Å². The molecule has 1 rings (SSSR count). The molecule has 0 aromatic heterocycles. The Bertz CT molecular complexity index is 374. The summed E-state index contributed by atoms with van der Waals surface area (Å²) >= 11 is 0. The van der Waals surface area contributed by atoms with Gasteiger partial charge in [-0.2, -0.15) is 0 Å². The molecule has 0 heterocycles. The normalized spacial score (nSPS) is 9.67. The van der Waals surface area contributed by atoms with Gasteiger partial charge in [0.25, 0.3) is 0 Å². The average molecular weight is 207 g/mol. The molecule has 0 unspecified atom stereocenters. The van der Waals surface area contributed by atoms with E-state index in [-0.39, 0.29) is 30.4 Å². The van der Waals surface area contributed by atoms with E-state index in [9.17, 15) is 9.59 Å². The molecule has 1 aromatic carbocycles. The Morgan fingerprint density at radius 3 is 2.73 bits per heavy atom. The lowest BCUT2D eigenvalue weighted by Crippen LogP contribution is -2.29. The highest BCUT2D eigenvalue weighted by Gasteiger charge is 2.04. The Labute approximate surface area is 87.9 Å². The third-order valence-electron chi connectivity index (χ3n) is 1.81. The second-order valence-corrected chi connectivity index (χ2v) is 3.33. The average Bonchev–Trinajstić information content (AvgIpc) is 2.15. The first-order valence-corrected chi connectivity index (χ1v) is 4.62. The predicted molar refractivity (Wildman–Crippen MR) is 55.5 cm³/mol. The largest absolute Gasteiger partial charge is 0.508 e. The van der Waals surface area contributed by atoms with E-state index < -0.39 is 0 Å². The Morgan fingerprint density at radius 1 is 1.40 bits per heavy atom. The van der Waals surface area contributed by atoms with Crippen LogP contribution in [0.25, 0.3) is 0 Å². The molecule has 80 valence electrons. The maximum atomic E-state index is 11.3. The molecule has 1 amide bonds. The van der Waals surface area contributed by atoms with Gasteiger partial charge in [-0.25, -0.2) is 0 Å². The first kappa shape index (κ1) is 11.2. The summed E-state index contributed by atoms with van der Waals surface area (Å²) in [6.45, 7) is 1.46. The molecule has 0 radical (unpaired) electrons. The van der Waals surface area contributed by atoms with Crippen molar-refractivity contribution < 1.29 is 14.7 Å². The van der Waals surface area contributed by atoms with Crippen LogP contribution in [0.4, 0.5) is 0 Å². The van der Waals surface area contributed by atoms with Crippen LogP contribution in [0.5, 0.6) is 5.75 Å². The van der Waals surface area contributed by atoms with Gasteiger partial charge in [-0.3, -0.25) is 9.59 Å². The molecule has 0 saturated carbocycles. The van der Waals surface area contributed by atoms with Gasteiger partial charge in [0.05, 0.1) is 13.0 Å². The molecule has 0 atom stereocenters. The van der Waals surface area contributed by atoms with Gasteiger partial charge in [0.15, 0.2) is 0 Å².